The minimum Gasteiger partial charge on any atom is -0.335 e. The predicted molar refractivity (Wildman–Crippen MR) is 86.9 cm³/mol. The Balaban J connectivity index is 2.29. The summed E-state index contributed by atoms with van der Waals surface area (Å²) in [4.78, 5) is 4.49. The molecule has 1 heterocycles. The Hall–Kier alpha value is -1.13. The number of halogens is 1. The fourth-order valence-corrected chi connectivity index (χ4v) is 3.02. The molecule has 0 saturated carbocycles. The average molecular weight is 336 g/mol. The number of nitrogens with one attached hydrogen (secondary N) is 1. The number of aryl methyl sites for hydroxylation is 2. The minimum absolute atomic E-state index is 0.280. The molecule has 108 valence electrons. The number of nitrogens with zero attached hydrogens (tertiary/aromatic N) is 2. The maximum absolute atomic E-state index is 4.49. The van der Waals surface area contributed by atoms with Crippen molar-refractivity contribution in [3.8, 4) is 0 Å². The van der Waals surface area contributed by atoms with Gasteiger partial charge in [0.05, 0.1) is 0 Å². The molecule has 1 atom stereocenters. The van der Waals surface area contributed by atoms with Crippen molar-refractivity contribution in [2.24, 2.45) is 0 Å². The first-order valence-electron chi connectivity index (χ1n) is 7.15. The molecule has 0 radical (unpaired) electrons. The Morgan fingerprint density at radius 3 is 2.85 bits per heavy atom. The monoisotopic (exact) mass is 335 g/mol. The Morgan fingerprint density at radius 1 is 1.35 bits per heavy atom. The fraction of sp³-hybridized carbons (Fsp3) is 0.438. The van der Waals surface area contributed by atoms with Crippen molar-refractivity contribution in [3.63, 3.8) is 0 Å². The normalized spacial score (nSPS) is 12.6. The molecule has 0 fully saturated rings. The summed E-state index contributed by atoms with van der Waals surface area (Å²) in [6, 6.07) is 6.71. The molecule has 0 amide bonds. The number of aromatic nitrogens is 2. The molecule has 0 aliphatic rings. The Labute approximate surface area is 129 Å². The lowest BCUT2D eigenvalue weighted by molar-refractivity contribution is 0.520. The van der Waals surface area contributed by atoms with Crippen LogP contribution in [-0.2, 0) is 13.0 Å². The second kappa shape index (κ2) is 7.04. The Morgan fingerprint density at radius 2 is 2.15 bits per heavy atom. The molecule has 1 unspecified atom stereocenters. The fourth-order valence-electron chi connectivity index (χ4n) is 2.48. The van der Waals surface area contributed by atoms with Gasteiger partial charge in [0, 0.05) is 35.9 Å². The van der Waals surface area contributed by atoms with Gasteiger partial charge in [0.2, 0.25) is 0 Å². The van der Waals surface area contributed by atoms with E-state index in [0.717, 1.165) is 25.3 Å². The van der Waals surface area contributed by atoms with Gasteiger partial charge in [0.1, 0.15) is 5.82 Å². The van der Waals surface area contributed by atoms with Gasteiger partial charge >= 0.3 is 0 Å². The van der Waals surface area contributed by atoms with E-state index in [2.05, 4.69) is 69.8 Å². The van der Waals surface area contributed by atoms with Gasteiger partial charge in [0.25, 0.3) is 0 Å². The van der Waals surface area contributed by atoms with E-state index >= 15 is 0 Å². The molecule has 0 aliphatic heterocycles. The van der Waals surface area contributed by atoms with Crippen molar-refractivity contribution < 1.29 is 0 Å². The van der Waals surface area contributed by atoms with Crippen LogP contribution in [0.25, 0.3) is 0 Å². The summed E-state index contributed by atoms with van der Waals surface area (Å²) in [6.45, 7) is 8.32. The molecule has 2 aromatic rings. The van der Waals surface area contributed by atoms with E-state index < -0.39 is 0 Å². The molecule has 0 bridgehead atoms. The van der Waals surface area contributed by atoms with Gasteiger partial charge < -0.3 is 9.88 Å². The molecule has 1 aromatic heterocycles. The van der Waals surface area contributed by atoms with E-state index in [1.807, 2.05) is 12.4 Å². The quantitative estimate of drug-likeness (QED) is 0.868. The lowest BCUT2D eigenvalue weighted by Crippen LogP contribution is -2.24. The van der Waals surface area contributed by atoms with Gasteiger partial charge in [-0.2, -0.15) is 0 Å². The van der Waals surface area contributed by atoms with Crippen molar-refractivity contribution in [2.75, 3.05) is 6.54 Å². The van der Waals surface area contributed by atoms with Gasteiger partial charge in [-0.05, 0) is 31.5 Å². The van der Waals surface area contributed by atoms with Crippen molar-refractivity contribution >= 4 is 15.9 Å². The van der Waals surface area contributed by atoms with Crippen molar-refractivity contribution in [2.45, 2.75) is 39.8 Å². The third-order valence-electron chi connectivity index (χ3n) is 3.58. The molecule has 1 aromatic carbocycles. The molecule has 1 N–H and O–H groups in total. The summed E-state index contributed by atoms with van der Waals surface area (Å²) in [5.74, 6) is 1.13. The van der Waals surface area contributed by atoms with Crippen LogP contribution in [0.15, 0.2) is 35.1 Å². The Kier molecular flexibility index (Phi) is 5.38. The standard InChI is InChI=1S/C16H22BrN3/c1-4-18-14(11-15-19-9-10-20(15)5-2)13-8-6-7-12(3)16(13)17/h6-10,14,18H,4-5,11H2,1-3H3. The van der Waals surface area contributed by atoms with Crippen molar-refractivity contribution in [1.82, 2.24) is 14.9 Å². The summed E-state index contributed by atoms with van der Waals surface area (Å²) in [7, 11) is 0. The molecule has 20 heavy (non-hydrogen) atoms. The number of hydrogen-bond donors (Lipinski definition) is 1. The maximum Gasteiger partial charge on any atom is 0.110 e. The number of benzene rings is 1. The summed E-state index contributed by atoms with van der Waals surface area (Å²) < 4.78 is 3.40. The van der Waals surface area contributed by atoms with Gasteiger partial charge in [0.15, 0.2) is 0 Å². The second-order valence-corrected chi connectivity index (χ2v) is 5.71. The van der Waals surface area contributed by atoms with Crippen LogP contribution in [0.4, 0.5) is 0 Å². The summed E-state index contributed by atoms with van der Waals surface area (Å²) in [5.41, 5.74) is 2.57. The lowest BCUT2D eigenvalue weighted by atomic mass is 10.0. The molecule has 0 spiro atoms. The van der Waals surface area contributed by atoms with E-state index in [4.69, 9.17) is 0 Å². The molecule has 2 rings (SSSR count). The topological polar surface area (TPSA) is 29.9 Å². The minimum atomic E-state index is 0.280. The SMILES string of the molecule is CCNC(Cc1nccn1CC)c1cccc(C)c1Br. The summed E-state index contributed by atoms with van der Waals surface area (Å²) in [5, 5.41) is 3.57. The van der Waals surface area contributed by atoms with E-state index in [-0.39, 0.29) is 6.04 Å². The maximum atomic E-state index is 4.49. The first kappa shape index (κ1) is 15.3. The number of imidazole rings is 1. The number of rotatable bonds is 6. The van der Waals surface area contributed by atoms with Crippen LogP contribution in [0.1, 0.15) is 36.8 Å². The van der Waals surface area contributed by atoms with E-state index in [9.17, 15) is 0 Å². The molecular weight excluding hydrogens is 314 g/mol. The second-order valence-electron chi connectivity index (χ2n) is 4.92. The zero-order valence-electron chi connectivity index (χ0n) is 12.4. The predicted octanol–water partition coefficient (Wildman–Crippen LogP) is 3.87. The number of hydrogen-bond acceptors (Lipinski definition) is 2. The Bertz CT molecular complexity index is 563. The molecule has 4 heteroatoms. The highest BCUT2D eigenvalue weighted by molar-refractivity contribution is 9.10. The smallest absolute Gasteiger partial charge is 0.110 e. The van der Waals surface area contributed by atoms with Crippen LogP contribution in [0, 0.1) is 6.92 Å². The van der Waals surface area contributed by atoms with Gasteiger partial charge in [-0.15, -0.1) is 0 Å². The van der Waals surface area contributed by atoms with E-state index in [0.29, 0.717) is 0 Å². The van der Waals surface area contributed by atoms with Crippen LogP contribution >= 0.6 is 15.9 Å². The van der Waals surface area contributed by atoms with Crippen LogP contribution in [0.2, 0.25) is 0 Å². The molecule has 0 saturated heterocycles. The van der Waals surface area contributed by atoms with Crippen molar-refractivity contribution in [1.29, 1.82) is 0 Å². The van der Waals surface area contributed by atoms with Crippen LogP contribution in [0.5, 0.6) is 0 Å². The molecular formula is C16H22BrN3. The van der Waals surface area contributed by atoms with E-state index in [1.54, 1.807) is 0 Å². The van der Waals surface area contributed by atoms with Gasteiger partial charge in [-0.3, -0.25) is 0 Å². The highest BCUT2D eigenvalue weighted by atomic mass is 79.9. The summed E-state index contributed by atoms with van der Waals surface area (Å²) in [6.07, 6.45) is 4.83. The van der Waals surface area contributed by atoms with Gasteiger partial charge in [-0.1, -0.05) is 41.1 Å². The van der Waals surface area contributed by atoms with Crippen molar-refractivity contribution in [3.05, 3.63) is 52.0 Å². The third kappa shape index (κ3) is 3.30. The van der Waals surface area contributed by atoms with Crippen LogP contribution < -0.4 is 5.32 Å². The largest absolute Gasteiger partial charge is 0.335 e. The number of likely N-dealkylation sites (N-methyl/N-ethyl adjacent to an activating group) is 1. The highest BCUT2D eigenvalue weighted by Crippen LogP contribution is 2.28. The first-order valence-corrected chi connectivity index (χ1v) is 7.95. The first-order chi connectivity index (χ1) is 9.67. The van der Waals surface area contributed by atoms with Crippen LogP contribution in [0.3, 0.4) is 0 Å². The average Bonchev–Trinajstić information content (AvgIpc) is 2.89. The van der Waals surface area contributed by atoms with Crippen LogP contribution in [-0.4, -0.2) is 16.1 Å². The highest BCUT2D eigenvalue weighted by Gasteiger charge is 2.17. The zero-order chi connectivity index (χ0) is 14.5. The molecule has 3 nitrogen and oxygen atoms in total. The zero-order valence-corrected chi connectivity index (χ0v) is 13.9. The molecule has 0 aliphatic carbocycles. The lowest BCUT2D eigenvalue weighted by Gasteiger charge is -2.21. The summed E-state index contributed by atoms with van der Waals surface area (Å²) >= 11 is 3.72. The van der Waals surface area contributed by atoms with Gasteiger partial charge in [-0.25, -0.2) is 4.98 Å². The third-order valence-corrected chi connectivity index (χ3v) is 4.66. The van der Waals surface area contributed by atoms with E-state index in [1.165, 1.54) is 15.6 Å².